The Hall–Kier alpha value is -2.27. The molecule has 0 spiro atoms. The number of benzene rings is 2. The van der Waals surface area contributed by atoms with E-state index in [2.05, 4.69) is 4.90 Å². The van der Waals surface area contributed by atoms with Crippen LogP contribution in [0.5, 0.6) is 0 Å². The number of hydrogen-bond donors (Lipinski definition) is 0. The Kier molecular flexibility index (Phi) is 4.72. The van der Waals surface area contributed by atoms with Gasteiger partial charge < -0.3 is 4.90 Å². The first kappa shape index (κ1) is 17.2. The minimum Gasteiger partial charge on any atom is -0.340 e. The van der Waals surface area contributed by atoms with E-state index in [4.69, 9.17) is 0 Å². The molecule has 5 heteroatoms. The molecule has 3 nitrogen and oxygen atoms in total. The van der Waals surface area contributed by atoms with Crippen LogP contribution >= 0.6 is 0 Å². The summed E-state index contributed by atoms with van der Waals surface area (Å²) in [5.41, 5.74) is 1.94. The summed E-state index contributed by atoms with van der Waals surface area (Å²) in [6, 6.07) is 12.9. The van der Waals surface area contributed by atoms with Gasteiger partial charge in [0.15, 0.2) is 0 Å². The molecule has 1 heterocycles. The van der Waals surface area contributed by atoms with E-state index in [0.717, 1.165) is 37.1 Å². The smallest absolute Gasteiger partial charge is 0.225 e. The van der Waals surface area contributed by atoms with Crippen molar-refractivity contribution in [1.82, 2.24) is 9.80 Å². The summed E-state index contributed by atoms with van der Waals surface area (Å²) in [6.45, 7) is 2.90. The third-order valence-electron chi connectivity index (χ3n) is 5.29. The number of halogens is 2. The average molecular weight is 356 g/mol. The molecule has 0 aromatic heterocycles. The van der Waals surface area contributed by atoms with Crippen LogP contribution in [0.4, 0.5) is 8.78 Å². The summed E-state index contributed by atoms with van der Waals surface area (Å²) >= 11 is 0. The topological polar surface area (TPSA) is 23.6 Å². The van der Waals surface area contributed by atoms with Crippen molar-refractivity contribution in [3.8, 4) is 0 Å². The quantitative estimate of drug-likeness (QED) is 0.836. The van der Waals surface area contributed by atoms with Crippen molar-refractivity contribution in [3.05, 3.63) is 71.3 Å². The highest BCUT2D eigenvalue weighted by atomic mass is 19.1. The lowest BCUT2D eigenvalue weighted by Crippen LogP contribution is -2.50. The lowest BCUT2D eigenvalue weighted by atomic mass is 9.96. The number of hydrogen-bond acceptors (Lipinski definition) is 2. The number of piperazine rings is 1. The van der Waals surface area contributed by atoms with E-state index in [0.29, 0.717) is 13.1 Å². The summed E-state index contributed by atoms with van der Waals surface area (Å²) < 4.78 is 26.7. The fourth-order valence-corrected chi connectivity index (χ4v) is 3.69. The molecule has 0 bridgehead atoms. The van der Waals surface area contributed by atoms with Crippen molar-refractivity contribution >= 4 is 5.91 Å². The van der Waals surface area contributed by atoms with Crippen LogP contribution in [0.1, 0.15) is 30.0 Å². The van der Waals surface area contributed by atoms with E-state index in [1.165, 1.54) is 24.3 Å². The highest BCUT2D eigenvalue weighted by Crippen LogP contribution is 2.33. The number of carbonyl (C=O) groups excluding carboxylic acids is 1. The van der Waals surface area contributed by atoms with Crippen molar-refractivity contribution in [3.63, 3.8) is 0 Å². The second-order valence-corrected chi connectivity index (χ2v) is 7.14. The first-order valence-corrected chi connectivity index (χ1v) is 9.15. The van der Waals surface area contributed by atoms with Gasteiger partial charge in [-0.1, -0.05) is 24.3 Å². The van der Waals surface area contributed by atoms with Crippen LogP contribution in [0.3, 0.4) is 0 Å². The molecule has 2 fully saturated rings. The van der Waals surface area contributed by atoms with Crippen LogP contribution < -0.4 is 0 Å². The molecule has 1 aliphatic heterocycles. The molecule has 0 unspecified atom stereocenters. The molecule has 0 N–H and O–H groups in total. The zero-order chi connectivity index (χ0) is 18.1. The lowest BCUT2D eigenvalue weighted by molar-refractivity contribution is -0.134. The molecule has 26 heavy (non-hydrogen) atoms. The molecule has 1 saturated carbocycles. The van der Waals surface area contributed by atoms with Crippen molar-refractivity contribution in [1.29, 1.82) is 0 Å². The summed E-state index contributed by atoms with van der Waals surface area (Å²) in [4.78, 5) is 16.5. The van der Waals surface area contributed by atoms with E-state index in [1.54, 1.807) is 24.3 Å². The fourth-order valence-electron chi connectivity index (χ4n) is 3.69. The predicted molar refractivity (Wildman–Crippen MR) is 95.5 cm³/mol. The Bertz CT molecular complexity index is 718. The molecule has 0 radical (unpaired) electrons. The van der Waals surface area contributed by atoms with Crippen LogP contribution in [0.15, 0.2) is 48.5 Å². The Labute approximate surface area is 152 Å². The van der Waals surface area contributed by atoms with Gasteiger partial charge in [0.05, 0.1) is 6.04 Å². The lowest BCUT2D eigenvalue weighted by Gasteiger charge is -2.40. The number of nitrogens with zero attached hydrogens (tertiary/aromatic N) is 2. The molecular weight excluding hydrogens is 334 g/mol. The standard InChI is InChI=1S/C21H22F2N2O/c22-18-7-3-15(4-8-18)20(16-5-9-19(23)10-6-16)24-11-13-25(14-12-24)21(26)17-1-2-17/h3-10,17,20H,1-2,11-14H2. The van der Waals surface area contributed by atoms with Gasteiger partial charge in [0, 0.05) is 32.1 Å². The van der Waals surface area contributed by atoms with Gasteiger partial charge in [0.25, 0.3) is 0 Å². The zero-order valence-corrected chi connectivity index (χ0v) is 14.6. The SMILES string of the molecule is O=C(C1CC1)N1CCN(C(c2ccc(F)cc2)c2ccc(F)cc2)CC1. The van der Waals surface area contributed by atoms with Crippen LogP contribution in [-0.2, 0) is 4.79 Å². The molecule has 4 rings (SSSR count). The van der Waals surface area contributed by atoms with E-state index < -0.39 is 0 Å². The third-order valence-corrected chi connectivity index (χ3v) is 5.29. The van der Waals surface area contributed by atoms with E-state index in [-0.39, 0.29) is 29.5 Å². The van der Waals surface area contributed by atoms with Gasteiger partial charge in [-0.05, 0) is 48.2 Å². The van der Waals surface area contributed by atoms with Crippen molar-refractivity contribution < 1.29 is 13.6 Å². The molecule has 1 saturated heterocycles. The van der Waals surface area contributed by atoms with E-state index >= 15 is 0 Å². The molecular formula is C21H22F2N2O. The molecule has 2 aliphatic rings. The number of rotatable bonds is 4. The second kappa shape index (κ2) is 7.16. The van der Waals surface area contributed by atoms with E-state index in [9.17, 15) is 13.6 Å². The van der Waals surface area contributed by atoms with Crippen molar-refractivity contribution in [2.45, 2.75) is 18.9 Å². The molecule has 1 aliphatic carbocycles. The minimum absolute atomic E-state index is 0.0747. The van der Waals surface area contributed by atoms with Crippen LogP contribution in [0.25, 0.3) is 0 Å². The molecule has 2 aromatic carbocycles. The van der Waals surface area contributed by atoms with Gasteiger partial charge >= 0.3 is 0 Å². The maximum atomic E-state index is 13.4. The van der Waals surface area contributed by atoms with Gasteiger partial charge in [-0.15, -0.1) is 0 Å². The molecule has 0 atom stereocenters. The minimum atomic E-state index is -0.272. The Morgan fingerprint density at radius 1 is 0.808 bits per heavy atom. The van der Waals surface area contributed by atoms with Crippen molar-refractivity contribution in [2.75, 3.05) is 26.2 Å². The highest BCUT2D eigenvalue weighted by Gasteiger charge is 2.35. The van der Waals surface area contributed by atoms with Crippen LogP contribution in [0, 0.1) is 17.6 Å². The van der Waals surface area contributed by atoms with Gasteiger partial charge in [0.2, 0.25) is 5.91 Å². The molecule has 2 aromatic rings. The second-order valence-electron chi connectivity index (χ2n) is 7.14. The van der Waals surface area contributed by atoms with Gasteiger partial charge in [-0.25, -0.2) is 8.78 Å². The summed E-state index contributed by atoms with van der Waals surface area (Å²) in [5, 5.41) is 0. The van der Waals surface area contributed by atoms with Gasteiger partial charge in [-0.2, -0.15) is 0 Å². The molecule has 1 amide bonds. The summed E-state index contributed by atoms with van der Waals surface area (Å²) in [5.74, 6) is -0.0192. The van der Waals surface area contributed by atoms with Crippen molar-refractivity contribution in [2.24, 2.45) is 5.92 Å². The first-order valence-electron chi connectivity index (χ1n) is 9.15. The maximum Gasteiger partial charge on any atom is 0.225 e. The summed E-state index contributed by atoms with van der Waals surface area (Å²) in [7, 11) is 0. The Morgan fingerprint density at radius 3 is 1.69 bits per heavy atom. The Balaban J connectivity index is 1.56. The first-order chi connectivity index (χ1) is 12.6. The maximum absolute atomic E-state index is 13.4. The van der Waals surface area contributed by atoms with Gasteiger partial charge in [-0.3, -0.25) is 9.69 Å². The largest absolute Gasteiger partial charge is 0.340 e. The van der Waals surface area contributed by atoms with Crippen LogP contribution in [0.2, 0.25) is 0 Å². The third kappa shape index (κ3) is 3.63. The normalized spacial score (nSPS) is 18.3. The monoisotopic (exact) mass is 356 g/mol. The summed E-state index contributed by atoms with van der Waals surface area (Å²) in [6.07, 6.45) is 2.04. The number of carbonyl (C=O) groups is 1. The fraction of sp³-hybridized carbons (Fsp3) is 0.381. The van der Waals surface area contributed by atoms with E-state index in [1.807, 2.05) is 4.90 Å². The number of amides is 1. The predicted octanol–water partition coefficient (Wildman–Crippen LogP) is 3.61. The molecule has 136 valence electrons. The van der Waals surface area contributed by atoms with Crippen LogP contribution in [-0.4, -0.2) is 41.9 Å². The van der Waals surface area contributed by atoms with Gasteiger partial charge in [0.1, 0.15) is 11.6 Å². The average Bonchev–Trinajstić information content (AvgIpc) is 3.50. The zero-order valence-electron chi connectivity index (χ0n) is 14.6. The highest BCUT2D eigenvalue weighted by molar-refractivity contribution is 5.81. The Morgan fingerprint density at radius 2 is 1.27 bits per heavy atom.